The molecule has 11 heteroatoms. The largest absolute Gasteiger partial charge is 0.394 e. The van der Waals surface area contributed by atoms with Crippen molar-refractivity contribution in [2.45, 2.75) is 31.5 Å². The number of rotatable bonds is 4. The van der Waals surface area contributed by atoms with Crippen molar-refractivity contribution in [1.82, 2.24) is 34.5 Å². The van der Waals surface area contributed by atoms with Gasteiger partial charge in [-0.05, 0) is 6.92 Å². The molecule has 154 valence electrons. The Balaban J connectivity index is 1.53. The van der Waals surface area contributed by atoms with Gasteiger partial charge in [0, 0.05) is 5.56 Å². The number of aryl methyl sites for hydroxylation is 1. The monoisotopic (exact) mass is 409 g/mol. The van der Waals surface area contributed by atoms with Gasteiger partial charge in [0.25, 0.3) is 0 Å². The van der Waals surface area contributed by atoms with E-state index in [9.17, 15) is 15.3 Å². The highest BCUT2D eigenvalue weighted by atomic mass is 16.6. The van der Waals surface area contributed by atoms with Crippen LogP contribution in [0.4, 0.5) is 0 Å². The first-order chi connectivity index (χ1) is 14.6. The van der Waals surface area contributed by atoms with Gasteiger partial charge in [0.2, 0.25) is 0 Å². The van der Waals surface area contributed by atoms with E-state index in [2.05, 4.69) is 25.3 Å². The highest BCUT2D eigenvalue weighted by Crippen LogP contribution is 2.32. The van der Waals surface area contributed by atoms with E-state index in [1.165, 1.54) is 21.9 Å². The number of ether oxygens (including phenoxy) is 1. The van der Waals surface area contributed by atoms with E-state index >= 15 is 0 Å². The molecule has 0 radical (unpaired) electrons. The maximum absolute atomic E-state index is 10.3. The van der Waals surface area contributed by atoms with E-state index in [1.54, 1.807) is 6.20 Å². The molecule has 3 N–H and O–H groups in total. The molecule has 1 aliphatic heterocycles. The maximum atomic E-state index is 10.3. The third-order valence-corrected chi connectivity index (χ3v) is 5.19. The quantitative estimate of drug-likeness (QED) is 0.424. The van der Waals surface area contributed by atoms with Gasteiger partial charge in [-0.1, -0.05) is 35.0 Å². The highest BCUT2D eigenvalue weighted by molar-refractivity contribution is 5.78. The molecular weight excluding hydrogens is 390 g/mol. The Labute approximate surface area is 170 Å². The van der Waals surface area contributed by atoms with Crippen LogP contribution in [0.5, 0.6) is 0 Å². The number of hydrogen-bond donors (Lipinski definition) is 3. The minimum absolute atomic E-state index is 0.391. The third-order valence-electron chi connectivity index (χ3n) is 5.19. The maximum Gasteiger partial charge on any atom is 0.186 e. The Hall–Kier alpha value is -3.25. The normalized spacial score (nSPS) is 24.0. The first kappa shape index (κ1) is 18.8. The van der Waals surface area contributed by atoms with Crippen LogP contribution in [0.1, 0.15) is 11.8 Å². The molecule has 5 rings (SSSR count). The average Bonchev–Trinajstić information content (AvgIpc) is 3.47. The fourth-order valence-electron chi connectivity index (χ4n) is 3.53. The summed E-state index contributed by atoms with van der Waals surface area (Å²) in [6, 6.07) is 7.94. The summed E-state index contributed by atoms with van der Waals surface area (Å²) in [6.07, 6.45) is 0.257. The first-order valence-corrected chi connectivity index (χ1v) is 9.36. The summed E-state index contributed by atoms with van der Waals surface area (Å²) >= 11 is 0. The number of aliphatic hydroxyl groups is 3. The molecule has 1 aliphatic rings. The zero-order valence-corrected chi connectivity index (χ0v) is 15.9. The van der Waals surface area contributed by atoms with Gasteiger partial charge in [-0.3, -0.25) is 4.57 Å². The zero-order chi connectivity index (χ0) is 20.8. The SMILES string of the molecule is Cc1ccc(-c2cn(-c3ncnc4c3ncn4[C@@H]3O[C@H](CO)[C@@H](O)[C@H]3O)nn2)cc1. The Morgan fingerprint density at radius 1 is 1.07 bits per heavy atom. The van der Waals surface area contributed by atoms with Crippen LogP contribution in [0, 0.1) is 6.92 Å². The summed E-state index contributed by atoms with van der Waals surface area (Å²) in [7, 11) is 0. The van der Waals surface area contributed by atoms with Gasteiger partial charge in [0.1, 0.15) is 30.3 Å². The summed E-state index contributed by atoms with van der Waals surface area (Å²) < 4.78 is 8.59. The van der Waals surface area contributed by atoms with Gasteiger partial charge in [0.05, 0.1) is 19.1 Å². The molecule has 4 aromatic rings. The van der Waals surface area contributed by atoms with E-state index in [1.807, 2.05) is 31.2 Å². The minimum Gasteiger partial charge on any atom is -0.394 e. The number of hydrogen-bond acceptors (Lipinski definition) is 9. The average molecular weight is 409 g/mol. The molecular formula is C19H19N7O4. The number of benzene rings is 1. The lowest BCUT2D eigenvalue weighted by atomic mass is 10.1. The standard InChI is InChI=1S/C19H19N7O4/c1-10-2-4-11(5-3-10)12-6-26(24-23-12)18-14-17(20-8-21-18)25(9-22-14)19-16(29)15(28)13(7-27)30-19/h2-6,8-9,13,15-16,19,27-29H,7H2,1H3/t13-,15-,16-,19-/m1/s1. The van der Waals surface area contributed by atoms with Gasteiger partial charge in [-0.15, -0.1) is 5.10 Å². The van der Waals surface area contributed by atoms with Crippen molar-refractivity contribution in [1.29, 1.82) is 0 Å². The molecule has 0 amide bonds. The van der Waals surface area contributed by atoms with Crippen LogP contribution in [0.25, 0.3) is 28.2 Å². The molecule has 1 saturated heterocycles. The summed E-state index contributed by atoms with van der Waals surface area (Å²) in [6.45, 7) is 1.60. The summed E-state index contributed by atoms with van der Waals surface area (Å²) in [4.78, 5) is 12.9. The fourth-order valence-corrected chi connectivity index (χ4v) is 3.53. The number of imidazole rings is 1. The summed E-state index contributed by atoms with van der Waals surface area (Å²) in [5.41, 5.74) is 3.58. The highest BCUT2D eigenvalue weighted by Gasteiger charge is 2.44. The molecule has 4 atom stereocenters. The number of aromatic nitrogens is 7. The second-order valence-electron chi connectivity index (χ2n) is 7.16. The Morgan fingerprint density at radius 3 is 2.60 bits per heavy atom. The van der Waals surface area contributed by atoms with Gasteiger partial charge in [-0.2, -0.15) is 4.68 Å². The predicted octanol–water partition coefficient (Wildman–Crippen LogP) is -0.00608. The van der Waals surface area contributed by atoms with E-state index < -0.39 is 31.1 Å². The van der Waals surface area contributed by atoms with Crippen LogP contribution in [0.2, 0.25) is 0 Å². The topological polar surface area (TPSA) is 144 Å². The third kappa shape index (κ3) is 2.95. The fraction of sp³-hybridized carbons (Fsp3) is 0.316. The van der Waals surface area contributed by atoms with E-state index in [0.29, 0.717) is 22.7 Å². The van der Waals surface area contributed by atoms with Crippen molar-refractivity contribution in [2.24, 2.45) is 0 Å². The van der Waals surface area contributed by atoms with Crippen molar-refractivity contribution in [3.8, 4) is 17.1 Å². The minimum atomic E-state index is -1.24. The van der Waals surface area contributed by atoms with Crippen LogP contribution in [-0.4, -0.2) is 74.8 Å². The molecule has 4 heterocycles. The number of aliphatic hydroxyl groups excluding tert-OH is 3. The van der Waals surface area contributed by atoms with E-state index in [-0.39, 0.29) is 0 Å². The van der Waals surface area contributed by atoms with E-state index in [0.717, 1.165) is 11.1 Å². The lowest BCUT2D eigenvalue weighted by Gasteiger charge is -2.16. The second-order valence-corrected chi connectivity index (χ2v) is 7.16. The second kappa shape index (κ2) is 7.22. The molecule has 0 saturated carbocycles. The lowest BCUT2D eigenvalue weighted by molar-refractivity contribution is -0.0511. The lowest BCUT2D eigenvalue weighted by Crippen LogP contribution is -2.33. The number of nitrogens with zero attached hydrogens (tertiary/aromatic N) is 7. The van der Waals surface area contributed by atoms with Crippen molar-refractivity contribution in [3.63, 3.8) is 0 Å². The molecule has 0 unspecified atom stereocenters. The first-order valence-electron chi connectivity index (χ1n) is 9.36. The molecule has 30 heavy (non-hydrogen) atoms. The number of fused-ring (bicyclic) bond motifs is 1. The molecule has 1 fully saturated rings. The van der Waals surface area contributed by atoms with E-state index in [4.69, 9.17) is 4.74 Å². The summed E-state index contributed by atoms with van der Waals surface area (Å²) in [5, 5.41) is 38.1. The molecule has 3 aromatic heterocycles. The van der Waals surface area contributed by atoms with Crippen LogP contribution >= 0.6 is 0 Å². The molecule has 0 spiro atoms. The summed E-state index contributed by atoms with van der Waals surface area (Å²) in [5.74, 6) is 0.413. The van der Waals surface area contributed by atoms with Crippen molar-refractivity contribution < 1.29 is 20.1 Å². The van der Waals surface area contributed by atoms with Gasteiger partial charge >= 0.3 is 0 Å². The van der Waals surface area contributed by atoms with Crippen molar-refractivity contribution in [3.05, 3.63) is 48.7 Å². The predicted molar refractivity (Wildman–Crippen MR) is 103 cm³/mol. The van der Waals surface area contributed by atoms with Gasteiger partial charge in [0.15, 0.2) is 23.2 Å². The van der Waals surface area contributed by atoms with Gasteiger partial charge < -0.3 is 20.1 Å². The zero-order valence-electron chi connectivity index (χ0n) is 15.9. The van der Waals surface area contributed by atoms with Gasteiger partial charge in [-0.25, -0.2) is 15.0 Å². The Kier molecular flexibility index (Phi) is 4.51. The van der Waals surface area contributed by atoms with Crippen molar-refractivity contribution in [2.75, 3.05) is 6.61 Å². The molecule has 0 aliphatic carbocycles. The van der Waals surface area contributed by atoms with Crippen LogP contribution in [0.3, 0.4) is 0 Å². The van der Waals surface area contributed by atoms with Crippen LogP contribution in [0.15, 0.2) is 43.1 Å². The Morgan fingerprint density at radius 2 is 1.87 bits per heavy atom. The van der Waals surface area contributed by atoms with Crippen LogP contribution in [-0.2, 0) is 4.74 Å². The Bertz CT molecular complexity index is 1190. The molecule has 1 aromatic carbocycles. The van der Waals surface area contributed by atoms with Crippen LogP contribution < -0.4 is 0 Å². The van der Waals surface area contributed by atoms with Crippen molar-refractivity contribution >= 4 is 11.2 Å². The molecule has 0 bridgehead atoms. The smallest absolute Gasteiger partial charge is 0.186 e. The molecule has 11 nitrogen and oxygen atoms in total.